The fourth-order valence-corrected chi connectivity index (χ4v) is 2.56. The van der Waals surface area contributed by atoms with E-state index in [2.05, 4.69) is 39.4 Å². The molecule has 0 aliphatic rings. The molecule has 0 saturated carbocycles. The Labute approximate surface area is 124 Å². The average Bonchev–Trinajstić information content (AvgIpc) is 2.87. The van der Waals surface area contributed by atoms with Crippen LogP contribution in [0.4, 0.5) is 0 Å². The van der Waals surface area contributed by atoms with E-state index in [0.717, 1.165) is 15.8 Å². The van der Waals surface area contributed by atoms with E-state index >= 15 is 0 Å². The Balaban J connectivity index is 1.94. The van der Waals surface area contributed by atoms with Crippen LogP contribution in [-0.4, -0.2) is 12.1 Å². The second kappa shape index (κ2) is 6.63. The zero-order valence-electron chi connectivity index (χ0n) is 10.4. The van der Waals surface area contributed by atoms with Crippen molar-refractivity contribution < 1.29 is 4.79 Å². The number of nitrogens with zero attached hydrogens (tertiary/aromatic N) is 1. The van der Waals surface area contributed by atoms with E-state index in [1.165, 1.54) is 4.88 Å². The number of rotatable bonds is 4. The van der Waals surface area contributed by atoms with Crippen LogP contribution in [0.3, 0.4) is 0 Å². The summed E-state index contributed by atoms with van der Waals surface area (Å²) in [6.07, 6.45) is 2.68. The molecule has 5 heteroatoms. The lowest BCUT2D eigenvalue weighted by molar-refractivity contribution is 0.0955. The third-order valence-electron chi connectivity index (χ3n) is 2.50. The summed E-state index contributed by atoms with van der Waals surface area (Å²) >= 11 is 5.00. The van der Waals surface area contributed by atoms with Crippen LogP contribution < -0.4 is 5.43 Å². The Hall–Kier alpha value is -1.46. The van der Waals surface area contributed by atoms with Gasteiger partial charge in [-0.25, -0.2) is 5.43 Å². The molecule has 1 N–H and O–H groups in total. The Morgan fingerprint density at radius 3 is 2.68 bits per heavy atom. The molecule has 0 radical (unpaired) electrons. The van der Waals surface area contributed by atoms with E-state index in [1.807, 2.05) is 18.2 Å². The molecule has 2 rings (SSSR count). The third kappa shape index (κ3) is 4.01. The number of benzene rings is 1. The molecule has 1 amide bonds. The van der Waals surface area contributed by atoms with Crippen molar-refractivity contribution >= 4 is 39.4 Å². The van der Waals surface area contributed by atoms with Crippen LogP contribution in [0.5, 0.6) is 0 Å². The van der Waals surface area contributed by atoms with Gasteiger partial charge in [0.2, 0.25) is 0 Å². The standard InChI is InChI=1S/C14H13BrN2OS/c1-2-12-7-8-13(19-12)9-16-17-14(18)10-3-5-11(15)6-4-10/h3-9H,2H2,1H3,(H,17,18)/b16-9+. The number of thiophene rings is 1. The van der Waals surface area contributed by atoms with Crippen molar-refractivity contribution in [2.75, 3.05) is 0 Å². The predicted octanol–water partition coefficient (Wildman–Crippen LogP) is 3.84. The van der Waals surface area contributed by atoms with Crippen molar-refractivity contribution in [3.63, 3.8) is 0 Å². The lowest BCUT2D eigenvalue weighted by Crippen LogP contribution is -2.17. The van der Waals surface area contributed by atoms with Crippen LogP contribution in [0, 0.1) is 0 Å². The van der Waals surface area contributed by atoms with Crippen LogP contribution in [0.15, 0.2) is 46.0 Å². The molecule has 1 heterocycles. The highest BCUT2D eigenvalue weighted by Gasteiger charge is 2.03. The number of carbonyl (C=O) groups excluding carboxylic acids is 1. The summed E-state index contributed by atoms with van der Waals surface area (Å²) in [7, 11) is 0. The minimum absolute atomic E-state index is 0.212. The summed E-state index contributed by atoms with van der Waals surface area (Å²) in [5.41, 5.74) is 3.10. The Morgan fingerprint density at radius 2 is 2.05 bits per heavy atom. The molecule has 0 unspecified atom stereocenters. The third-order valence-corrected chi connectivity index (χ3v) is 4.19. The second-order valence-corrected chi connectivity index (χ2v) is 5.98. The van der Waals surface area contributed by atoms with Crippen molar-refractivity contribution in [3.05, 3.63) is 56.2 Å². The van der Waals surface area contributed by atoms with Gasteiger partial charge in [0, 0.05) is 19.8 Å². The van der Waals surface area contributed by atoms with E-state index in [4.69, 9.17) is 0 Å². The maximum absolute atomic E-state index is 11.8. The normalized spacial score (nSPS) is 10.8. The lowest BCUT2D eigenvalue weighted by atomic mass is 10.2. The molecule has 1 aromatic carbocycles. The molecule has 19 heavy (non-hydrogen) atoms. The van der Waals surface area contributed by atoms with Crippen LogP contribution >= 0.6 is 27.3 Å². The highest BCUT2D eigenvalue weighted by Crippen LogP contribution is 2.14. The summed E-state index contributed by atoms with van der Waals surface area (Å²) in [4.78, 5) is 14.1. The monoisotopic (exact) mass is 336 g/mol. The van der Waals surface area contributed by atoms with Gasteiger partial charge in [-0.05, 0) is 42.8 Å². The SMILES string of the molecule is CCc1ccc(/C=N/NC(=O)c2ccc(Br)cc2)s1. The van der Waals surface area contributed by atoms with E-state index in [1.54, 1.807) is 29.7 Å². The van der Waals surface area contributed by atoms with Crippen molar-refractivity contribution in [1.82, 2.24) is 5.43 Å². The zero-order valence-corrected chi connectivity index (χ0v) is 12.8. The number of halogens is 1. The summed E-state index contributed by atoms with van der Waals surface area (Å²) in [5, 5.41) is 3.96. The van der Waals surface area contributed by atoms with Gasteiger partial charge in [-0.2, -0.15) is 5.10 Å². The first-order valence-electron chi connectivity index (χ1n) is 5.86. The lowest BCUT2D eigenvalue weighted by Gasteiger charge is -1.99. The summed E-state index contributed by atoms with van der Waals surface area (Å²) < 4.78 is 0.943. The van der Waals surface area contributed by atoms with Crippen LogP contribution in [-0.2, 0) is 6.42 Å². The molecule has 98 valence electrons. The number of nitrogens with one attached hydrogen (secondary N) is 1. The van der Waals surface area contributed by atoms with Gasteiger partial charge in [0.1, 0.15) is 0 Å². The molecule has 0 aliphatic heterocycles. The Kier molecular flexibility index (Phi) is 4.87. The minimum Gasteiger partial charge on any atom is -0.267 e. The van der Waals surface area contributed by atoms with Crippen molar-refractivity contribution in [2.24, 2.45) is 5.10 Å². The number of hydrogen-bond acceptors (Lipinski definition) is 3. The zero-order chi connectivity index (χ0) is 13.7. The Bertz CT molecular complexity index is 590. The molecule has 1 aromatic heterocycles. The topological polar surface area (TPSA) is 41.5 Å². The molecule has 0 atom stereocenters. The van der Waals surface area contributed by atoms with E-state index in [-0.39, 0.29) is 5.91 Å². The first-order chi connectivity index (χ1) is 9.19. The van der Waals surface area contributed by atoms with E-state index in [9.17, 15) is 4.79 Å². The molecular formula is C14H13BrN2OS. The molecule has 0 bridgehead atoms. The first kappa shape index (κ1) is 14.0. The van der Waals surface area contributed by atoms with Crippen molar-refractivity contribution in [1.29, 1.82) is 0 Å². The predicted molar refractivity (Wildman–Crippen MR) is 82.9 cm³/mol. The Morgan fingerprint density at radius 1 is 1.32 bits per heavy atom. The van der Waals surface area contributed by atoms with Gasteiger partial charge in [0.15, 0.2) is 0 Å². The fourth-order valence-electron chi connectivity index (χ4n) is 1.47. The van der Waals surface area contributed by atoms with Crippen LogP contribution in [0.2, 0.25) is 0 Å². The van der Waals surface area contributed by atoms with Gasteiger partial charge in [-0.15, -0.1) is 11.3 Å². The molecular weight excluding hydrogens is 324 g/mol. The van der Waals surface area contributed by atoms with Gasteiger partial charge in [-0.3, -0.25) is 4.79 Å². The summed E-state index contributed by atoms with van der Waals surface area (Å²) in [5.74, 6) is -0.212. The molecule has 3 nitrogen and oxygen atoms in total. The van der Waals surface area contributed by atoms with E-state index < -0.39 is 0 Å². The average molecular weight is 337 g/mol. The maximum Gasteiger partial charge on any atom is 0.271 e. The number of amides is 1. The van der Waals surface area contributed by atoms with Crippen molar-refractivity contribution in [3.8, 4) is 0 Å². The number of hydrogen-bond donors (Lipinski definition) is 1. The van der Waals surface area contributed by atoms with Gasteiger partial charge in [0.25, 0.3) is 5.91 Å². The largest absolute Gasteiger partial charge is 0.271 e. The van der Waals surface area contributed by atoms with Crippen LogP contribution in [0.25, 0.3) is 0 Å². The second-order valence-electron chi connectivity index (χ2n) is 3.86. The van der Waals surface area contributed by atoms with Gasteiger partial charge < -0.3 is 0 Å². The summed E-state index contributed by atoms with van der Waals surface area (Å²) in [6.45, 7) is 2.11. The molecule has 0 aliphatic carbocycles. The van der Waals surface area contributed by atoms with Gasteiger partial charge >= 0.3 is 0 Å². The number of hydrazone groups is 1. The number of aryl methyl sites for hydroxylation is 1. The fraction of sp³-hybridized carbons (Fsp3) is 0.143. The van der Waals surface area contributed by atoms with E-state index in [0.29, 0.717) is 5.56 Å². The smallest absolute Gasteiger partial charge is 0.267 e. The molecule has 0 saturated heterocycles. The molecule has 0 spiro atoms. The van der Waals surface area contributed by atoms with Gasteiger partial charge in [-0.1, -0.05) is 22.9 Å². The highest BCUT2D eigenvalue weighted by atomic mass is 79.9. The molecule has 2 aromatic rings. The molecule has 0 fully saturated rings. The number of carbonyl (C=O) groups is 1. The maximum atomic E-state index is 11.8. The minimum atomic E-state index is -0.212. The first-order valence-corrected chi connectivity index (χ1v) is 7.47. The van der Waals surface area contributed by atoms with Gasteiger partial charge in [0.05, 0.1) is 6.21 Å². The quantitative estimate of drug-likeness (QED) is 0.668. The highest BCUT2D eigenvalue weighted by molar-refractivity contribution is 9.10. The van der Waals surface area contributed by atoms with Crippen LogP contribution in [0.1, 0.15) is 27.0 Å². The summed E-state index contributed by atoms with van der Waals surface area (Å²) in [6, 6.07) is 11.2. The van der Waals surface area contributed by atoms with Crippen molar-refractivity contribution in [2.45, 2.75) is 13.3 Å².